The van der Waals surface area contributed by atoms with Gasteiger partial charge in [0.25, 0.3) is 0 Å². The third-order valence-electron chi connectivity index (χ3n) is 2.42. The molecule has 1 aromatic carbocycles. The van der Waals surface area contributed by atoms with Gasteiger partial charge in [-0.2, -0.15) is 0 Å². The highest BCUT2D eigenvalue weighted by molar-refractivity contribution is 6.32. The molecule has 0 fully saturated rings. The van der Waals surface area contributed by atoms with Crippen LogP contribution in [0.1, 0.15) is 0 Å². The van der Waals surface area contributed by atoms with Crippen molar-refractivity contribution in [1.82, 2.24) is 9.97 Å². The number of benzene rings is 1. The van der Waals surface area contributed by atoms with Crippen LogP contribution in [0.5, 0.6) is 11.5 Å². The Bertz CT molecular complexity index is 507. The van der Waals surface area contributed by atoms with E-state index in [1.165, 1.54) is 14.2 Å². The third-order valence-corrected chi connectivity index (χ3v) is 2.71. The van der Waals surface area contributed by atoms with Crippen molar-refractivity contribution in [2.45, 2.75) is 0 Å². The summed E-state index contributed by atoms with van der Waals surface area (Å²) in [5.74, 6) is 1.11. The molecular formula is C12H12ClN3O2. The Hall–Kier alpha value is -2.01. The van der Waals surface area contributed by atoms with Crippen molar-refractivity contribution in [2.24, 2.45) is 0 Å². The number of anilines is 1. The van der Waals surface area contributed by atoms with Gasteiger partial charge in [0.2, 0.25) is 0 Å². The number of hydrogen-bond donors (Lipinski definition) is 1. The van der Waals surface area contributed by atoms with Gasteiger partial charge in [-0.1, -0.05) is 11.6 Å². The van der Waals surface area contributed by atoms with Gasteiger partial charge in [0.15, 0.2) is 0 Å². The quantitative estimate of drug-likeness (QED) is 0.721. The number of ether oxygens (including phenoxy) is 2. The third kappa shape index (κ3) is 2.31. The van der Waals surface area contributed by atoms with Gasteiger partial charge < -0.3 is 15.2 Å². The number of nitrogens with two attached hydrogens (primary N) is 1. The summed E-state index contributed by atoms with van der Waals surface area (Å²) in [6.45, 7) is 0. The van der Waals surface area contributed by atoms with Gasteiger partial charge in [0, 0.05) is 12.1 Å². The van der Waals surface area contributed by atoms with E-state index < -0.39 is 0 Å². The lowest BCUT2D eigenvalue weighted by atomic mass is 10.2. The minimum Gasteiger partial charge on any atom is -0.495 e. The smallest absolute Gasteiger partial charge is 0.143 e. The second kappa shape index (κ2) is 5.10. The first-order valence-electron chi connectivity index (χ1n) is 5.15. The average molecular weight is 266 g/mol. The standard InChI is InChI=1S/C8H10ClNO2.C4H2N2/c1-11-7-4-6(10)8(12-2)3-5(7)9;1-3-4(5-1)2-6-3/h3-4H,10H2,1-2H3;1-2H. The zero-order valence-electron chi connectivity index (χ0n) is 9.98. The van der Waals surface area contributed by atoms with Crippen LogP contribution < -0.4 is 15.2 Å². The number of methoxy groups -OCH3 is 2. The van der Waals surface area contributed by atoms with Crippen LogP contribution >= 0.6 is 11.6 Å². The van der Waals surface area contributed by atoms with E-state index in [9.17, 15) is 0 Å². The van der Waals surface area contributed by atoms with Crippen molar-refractivity contribution in [3.05, 3.63) is 29.5 Å². The lowest BCUT2D eigenvalue weighted by molar-refractivity contribution is 0.405. The molecule has 0 bridgehead atoms. The SMILES string of the molecule is COc1cc(Cl)c(OC)cc1N.c1nc2cnc1-2. The molecular weight excluding hydrogens is 254 g/mol. The zero-order valence-corrected chi connectivity index (χ0v) is 10.7. The summed E-state index contributed by atoms with van der Waals surface area (Å²) in [6.07, 6.45) is 3.52. The Labute approximate surface area is 110 Å². The fraction of sp³-hybridized carbons (Fsp3) is 0.167. The predicted molar refractivity (Wildman–Crippen MR) is 70.0 cm³/mol. The molecule has 0 saturated heterocycles. The molecule has 0 saturated carbocycles. The van der Waals surface area contributed by atoms with Crippen molar-refractivity contribution in [3.63, 3.8) is 0 Å². The van der Waals surface area contributed by atoms with Crippen LogP contribution in [0.2, 0.25) is 5.02 Å². The van der Waals surface area contributed by atoms with Gasteiger partial charge in [-0.05, 0) is 0 Å². The first kappa shape index (κ1) is 12.4. The normalized spacial score (nSPS) is 10.2. The van der Waals surface area contributed by atoms with Crippen LogP contribution in [-0.2, 0) is 0 Å². The summed E-state index contributed by atoms with van der Waals surface area (Å²) in [6, 6.07) is 3.25. The van der Waals surface area contributed by atoms with Crippen LogP contribution in [0.25, 0.3) is 11.4 Å². The molecule has 18 heavy (non-hydrogen) atoms. The number of nitrogen functional groups attached to an aromatic ring is 1. The van der Waals surface area contributed by atoms with E-state index in [-0.39, 0.29) is 0 Å². The molecule has 1 aromatic rings. The monoisotopic (exact) mass is 265 g/mol. The molecule has 5 nitrogen and oxygen atoms in total. The predicted octanol–water partition coefficient (Wildman–Crippen LogP) is 2.40. The van der Waals surface area contributed by atoms with E-state index in [0.717, 1.165) is 11.4 Å². The maximum Gasteiger partial charge on any atom is 0.143 e. The molecule has 0 aromatic heterocycles. The second-order valence-corrected chi connectivity index (χ2v) is 3.92. The second-order valence-electron chi connectivity index (χ2n) is 3.52. The summed E-state index contributed by atoms with van der Waals surface area (Å²) in [7, 11) is 3.07. The lowest BCUT2D eigenvalue weighted by Crippen LogP contribution is -1.98. The van der Waals surface area contributed by atoms with E-state index in [2.05, 4.69) is 9.97 Å². The highest BCUT2D eigenvalue weighted by Gasteiger charge is 2.09. The van der Waals surface area contributed by atoms with Gasteiger partial charge in [-0.15, -0.1) is 0 Å². The van der Waals surface area contributed by atoms with Crippen molar-refractivity contribution < 1.29 is 9.47 Å². The summed E-state index contributed by atoms with van der Waals surface area (Å²) in [4.78, 5) is 7.69. The zero-order chi connectivity index (χ0) is 13.1. The maximum atomic E-state index is 5.82. The topological polar surface area (TPSA) is 70.3 Å². The summed E-state index contributed by atoms with van der Waals surface area (Å²) in [5, 5.41) is 0.489. The largest absolute Gasteiger partial charge is 0.495 e. The van der Waals surface area contributed by atoms with Crippen molar-refractivity contribution in [3.8, 4) is 22.9 Å². The van der Waals surface area contributed by atoms with Gasteiger partial charge >= 0.3 is 0 Å². The number of rotatable bonds is 2. The van der Waals surface area contributed by atoms with Gasteiger partial charge in [0.1, 0.15) is 22.9 Å². The number of halogens is 1. The molecule has 2 N–H and O–H groups in total. The first-order chi connectivity index (χ1) is 8.65. The lowest BCUT2D eigenvalue weighted by Gasteiger charge is -2.08. The van der Waals surface area contributed by atoms with Gasteiger partial charge in [-0.25, -0.2) is 0 Å². The Morgan fingerprint density at radius 2 is 1.56 bits per heavy atom. The van der Waals surface area contributed by atoms with Gasteiger partial charge in [0.05, 0.1) is 37.3 Å². The molecule has 0 aliphatic carbocycles. The minimum absolute atomic E-state index is 0.489. The molecule has 3 rings (SSSR count). The Kier molecular flexibility index (Phi) is 3.53. The van der Waals surface area contributed by atoms with Crippen LogP contribution in [0.4, 0.5) is 5.69 Å². The first-order valence-corrected chi connectivity index (χ1v) is 5.53. The molecule has 0 spiro atoms. The van der Waals surface area contributed by atoms with Crippen molar-refractivity contribution >= 4 is 17.3 Å². The van der Waals surface area contributed by atoms with Crippen LogP contribution in [-0.4, -0.2) is 24.2 Å². The molecule has 2 heterocycles. The molecule has 0 atom stereocenters. The molecule has 2 aliphatic rings. The maximum absolute atomic E-state index is 5.82. The van der Waals surface area contributed by atoms with Crippen molar-refractivity contribution in [2.75, 3.05) is 20.0 Å². The van der Waals surface area contributed by atoms with Crippen LogP contribution in [0.15, 0.2) is 24.5 Å². The van der Waals surface area contributed by atoms with E-state index >= 15 is 0 Å². The Balaban J connectivity index is 0.000000164. The summed E-state index contributed by atoms with van der Waals surface area (Å²) < 4.78 is 9.92. The van der Waals surface area contributed by atoms with Gasteiger partial charge in [-0.3, -0.25) is 9.97 Å². The van der Waals surface area contributed by atoms with E-state index in [1.54, 1.807) is 24.5 Å². The summed E-state index contributed by atoms with van der Waals surface area (Å²) in [5.41, 5.74) is 8.26. The number of fused-ring (bicyclic) bond motifs is 1. The highest BCUT2D eigenvalue weighted by atomic mass is 35.5. The Morgan fingerprint density at radius 3 is 1.89 bits per heavy atom. The Morgan fingerprint density at radius 1 is 1.00 bits per heavy atom. The van der Waals surface area contributed by atoms with E-state index in [0.29, 0.717) is 22.2 Å². The fourth-order valence-electron chi connectivity index (χ4n) is 1.34. The number of hydrogen-bond acceptors (Lipinski definition) is 5. The molecule has 0 radical (unpaired) electrons. The number of aromatic nitrogens is 2. The molecule has 0 amide bonds. The van der Waals surface area contributed by atoms with E-state index in [4.69, 9.17) is 26.8 Å². The molecule has 2 aliphatic heterocycles. The van der Waals surface area contributed by atoms with E-state index in [1.807, 2.05) is 0 Å². The summed E-state index contributed by atoms with van der Waals surface area (Å²) >= 11 is 5.82. The van der Waals surface area contributed by atoms with Crippen molar-refractivity contribution in [1.29, 1.82) is 0 Å². The van der Waals surface area contributed by atoms with Crippen LogP contribution in [0.3, 0.4) is 0 Å². The molecule has 94 valence electrons. The fourth-order valence-corrected chi connectivity index (χ4v) is 1.58. The molecule has 0 unspecified atom stereocenters. The highest BCUT2D eigenvalue weighted by Crippen LogP contribution is 2.33. The average Bonchev–Trinajstić information content (AvgIpc) is 2.36. The number of nitrogens with zero attached hydrogens (tertiary/aromatic N) is 2. The minimum atomic E-state index is 0.489. The van der Waals surface area contributed by atoms with Crippen LogP contribution in [0, 0.1) is 0 Å². The molecule has 6 heteroatoms.